The van der Waals surface area contributed by atoms with E-state index in [1.807, 2.05) is 6.08 Å². The van der Waals surface area contributed by atoms with Crippen LogP contribution in [-0.4, -0.2) is 47.4 Å². The number of allylic oxidation sites excluding steroid dienone is 3. The SMILES string of the molecule is CCCCCCCCCCCCCCCCCCCCCCCCC/C=C/C(O)C(CO)NC(=O)CCCCCCCCCCC/C=C\CCCCCCCCCCCCCCOC(=O)CCCCCCCCCCCCCCCCC. The first-order valence-corrected chi connectivity index (χ1v) is 37.6. The Morgan fingerprint density at radius 2 is 0.573 bits per heavy atom. The molecule has 0 aromatic rings. The lowest BCUT2D eigenvalue weighted by Crippen LogP contribution is -2.45. The predicted octanol–water partition coefficient (Wildman–Crippen LogP) is 24.5. The average molecular weight is 1160 g/mol. The van der Waals surface area contributed by atoms with Crippen LogP contribution >= 0.6 is 0 Å². The minimum Gasteiger partial charge on any atom is -0.466 e. The van der Waals surface area contributed by atoms with Gasteiger partial charge < -0.3 is 20.3 Å². The van der Waals surface area contributed by atoms with Gasteiger partial charge in [-0.3, -0.25) is 9.59 Å². The molecule has 0 bridgehead atoms. The van der Waals surface area contributed by atoms with Crippen LogP contribution in [0.15, 0.2) is 24.3 Å². The standard InChI is InChI=1S/C76H147NO5/c1-3-5-7-9-11-13-15-17-19-20-21-22-23-25-28-31-34-37-41-44-48-52-56-60-64-68-74(79)73(72-78)77-75(80)69-65-61-57-53-49-45-42-38-35-32-29-26-24-27-30-33-36-39-43-47-51-55-59-63-67-71-82-76(81)70-66-62-58-54-50-46-40-18-16-14-12-10-8-6-4-2/h26,29,64,68,73-74,78-79H,3-25,27-28,30-63,65-67,69-72H2,1-2H3,(H,77,80)/b29-26-,68-64+. The summed E-state index contributed by atoms with van der Waals surface area (Å²) in [6.45, 7) is 4.95. The van der Waals surface area contributed by atoms with E-state index in [-0.39, 0.29) is 18.5 Å². The van der Waals surface area contributed by atoms with Gasteiger partial charge in [-0.05, 0) is 57.8 Å². The monoisotopic (exact) mass is 1150 g/mol. The molecule has 0 fully saturated rings. The average Bonchev–Trinajstić information content (AvgIpc) is 3.48. The van der Waals surface area contributed by atoms with Crippen molar-refractivity contribution in [1.29, 1.82) is 0 Å². The number of aliphatic hydroxyl groups excluding tert-OH is 2. The van der Waals surface area contributed by atoms with Gasteiger partial charge in [0.05, 0.1) is 25.4 Å². The van der Waals surface area contributed by atoms with E-state index < -0.39 is 12.1 Å². The van der Waals surface area contributed by atoms with E-state index in [2.05, 4.69) is 31.3 Å². The van der Waals surface area contributed by atoms with Gasteiger partial charge in [0, 0.05) is 12.8 Å². The van der Waals surface area contributed by atoms with Gasteiger partial charge in [-0.15, -0.1) is 0 Å². The van der Waals surface area contributed by atoms with Gasteiger partial charge >= 0.3 is 5.97 Å². The molecule has 0 aromatic heterocycles. The molecule has 6 heteroatoms. The lowest BCUT2D eigenvalue weighted by Gasteiger charge is -2.20. The number of aliphatic hydroxyl groups is 2. The van der Waals surface area contributed by atoms with Crippen molar-refractivity contribution in [1.82, 2.24) is 5.32 Å². The van der Waals surface area contributed by atoms with Gasteiger partial charge in [0.1, 0.15) is 0 Å². The van der Waals surface area contributed by atoms with E-state index in [0.717, 1.165) is 38.5 Å². The maximum atomic E-state index is 12.5. The highest BCUT2D eigenvalue weighted by Crippen LogP contribution is 2.19. The van der Waals surface area contributed by atoms with Gasteiger partial charge in [0.25, 0.3) is 0 Å². The Labute approximate surface area is 513 Å². The number of ether oxygens (including phenoxy) is 1. The highest BCUT2D eigenvalue weighted by molar-refractivity contribution is 5.76. The molecule has 0 aliphatic carbocycles. The van der Waals surface area contributed by atoms with Crippen LogP contribution in [0.25, 0.3) is 0 Å². The normalized spacial score (nSPS) is 12.6. The molecule has 0 heterocycles. The lowest BCUT2D eigenvalue weighted by atomic mass is 10.0. The van der Waals surface area contributed by atoms with Crippen LogP contribution in [0.2, 0.25) is 0 Å². The van der Waals surface area contributed by atoms with Crippen molar-refractivity contribution in [3.63, 3.8) is 0 Å². The molecular formula is C76H147NO5. The van der Waals surface area contributed by atoms with Gasteiger partial charge in [0.15, 0.2) is 0 Å². The van der Waals surface area contributed by atoms with Crippen molar-refractivity contribution in [3.8, 4) is 0 Å². The maximum absolute atomic E-state index is 12.5. The number of carbonyl (C=O) groups is 2. The Balaban J connectivity index is 3.41. The van der Waals surface area contributed by atoms with Gasteiger partial charge in [-0.1, -0.05) is 378 Å². The highest BCUT2D eigenvalue weighted by Gasteiger charge is 2.18. The van der Waals surface area contributed by atoms with E-state index >= 15 is 0 Å². The second-order valence-corrected chi connectivity index (χ2v) is 26.0. The van der Waals surface area contributed by atoms with Crippen LogP contribution in [0, 0.1) is 0 Å². The third-order valence-corrected chi connectivity index (χ3v) is 17.7. The zero-order valence-electron chi connectivity index (χ0n) is 55.8. The van der Waals surface area contributed by atoms with E-state index in [1.54, 1.807) is 6.08 Å². The van der Waals surface area contributed by atoms with Crippen molar-refractivity contribution >= 4 is 11.9 Å². The molecule has 0 radical (unpaired) electrons. The Bertz CT molecular complexity index is 1280. The van der Waals surface area contributed by atoms with E-state index in [1.165, 1.54) is 360 Å². The molecular weight excluding hydrogens is 1010 g/mol. The minimum atomic E-state index is -0.848. The number of amides is 1. The number of nitrogens with one attached hydrogen (secondary N) is 1. The number of unbranched alkanes of at least 4 members (excludes halogenated alkanes) is 58. The molecule has 0 aliphatic heterocycles. The number of esters is 1. The number of rotatable bonds is 71. The van der Waals surface area contributed by atoms with E-state index in [9.17, 15) is 19.8 Å². The first-order valence-electron chi connectivity index (χ1n) is 37.6. The Kier molecular flexibility index (Phi) is 70.4. The predicted molar refractivity (Wildman–Crippen MR) is 361 cm³/mol. The molecule has 82 heavy (non-hydrogen) atoms. The van der Waals surface area contributed by atoms with E-state index in [4.69, 9.17) is 4.74 Å². The second kappa shape index (κ2) is 71.8. The summed E-state index contributed by atoms with van der Waals surface area (Å²) in [6, 6.07) is -0.632. The second-order valence-electron chi connectivity index (χ2n) is 26.0. The zero-order valence-corrected chi connectivity index (χ0v) is 55.8. The summed E-state index contributed by atoms with van der Waals surface area (Å²) < 4.78 is 5.50. The van der Waals surface area contributed by atoms with Crippen LogP contribution in [0.3, 0.4) is 0 Å². The molecule has 0 rings (SSSR count). The van der Waals surface area contributed by atoms with E-state index in [0.29, 0.717) is 19.4 Å². The molecule has 2 atom stereocenters. The molecule has 486 valence electrons. The first-order chi connectivity index (χ1) is 40.5. The van der Waals surface area contributed by atoms with Crippen LogP contribution < -0.4 is 5.32 Å². The zero-order chi connectivity index (χ0) is 59.2. The number of hydrogen-bond acceptors (Lipinski definition) is 5. The highest BCUT2D eigenvalue weighted by atomic mass is 16.5. The third kappa shape index (κ3) is 67.5. The molecule has 0 aliphatic rings. The van der Waals surface area contributed by atoms with Gasteiger partial charge in [0.2, 0.25) is 5.91 Å². The first kappa shape index (κ1) is 80.3. The van der Waals surface area contributed by atoms with Crippen LogP contribution in [0.1, 0.15) is 425 Å². The summed E-state index contributed by atoms with van der Waals surface area (Å²) in [5.74, 6) is -0.0491. The summed E-state index contributed by atoms with van der Waals surface area (Å²) in [4.78, 5) is 24.6. The Morgan fingerprint density at radius 3 is 0.866 bits per heavy atom. The minimum absolute atomic E-state index is 0.0169. The van der Waals surface area contributed by atoms with Crippen LogP contribution in [0.4, 0.5) is 0 Å². The number of carbonyl (C=O) groups excluding carboxylic acids is 2. The van der Waals surface area contributed by atoms with Gasteiger partial charge in [-0.25, -0.2) is 0 Å². The largest absolute Gasteiger partial charge is 0.466 e. The van der Waals surface area contributed by atoms with Crippen molar-refractivity contribution in [2.24, 2.45) is 0 Å². The lowest BCUT2D eigenvalue weighted by molar-refractivity contribution is -0.143. The molecule has 0 aromatic carbocycles. The van der Waals surface area contributed by atoms with Crippen molar-refractivity contribution in [3.05, 3.63) is 24.3 Å². The molecule has 0 saturated carbocycles. The Morgan fingerprint density at radius 1 is 0.329 bits per heavy atom. The fourth-order valence-corrected chi connectivity index (χ4v) is 12.0. The molecule has 2 unspecified atom stereocenters. The summed E-state index contributed by atoms with van der Waals surface area (Å²) in [5, 5.41) is 23.3. The van der Waals surface area contributed by atoms with Gasteiger partial charge in [-0.2, -0.15) is 0 Å². The maximum Gasteiger partial charge on any atom is 0.305 e. The smallest absolute Gasteiger partial charge is 0.305 e. The molecule has 3 N–H and O–H groups in total. The fourth-order valence-electron chi connectivity index (χ4n) is 12.0. The van der Waals surface area contributed by atoms with Crippen LogP contribution in [0.5, 0.6) is 0 Å². The molecule has 6 nitrogen and oxygen atoms in total. The topological polar surface area (TPSA) is 95.9 Å². The van der Waals surface area contributed by atoms with Crippen LogP contribution in [-0.2, 0) is 14.3 Å². The van der Waals surface area contributed by atoms with Crippen molar-refractivity contribution in [2.75, 3.05) is 13.2 Å². The number of hydrogen-bond donors (Lipinski definition) is 3. The van der Waals surface area contributed by atoms with Crippen molar-refractivity contribution in [2.45, 2.75) is 437 Å². The quantitative estimate of drug-likeness (QED) is 0.0320. The fraction of sp³-hybridized carbons (Fsp3) is 0.921. The molecule has 1 amide bonds. The Hall–Kier alpha value is -1.66. The summed E-state index contributed by atoms with van der Waals surface area (Å²) in [6.07, 6.45) is 91.3. The molecule has 0 saturated heterocycles. The third-order valence-electron chi connectivity index (χ3n) is 17.7. The summed E-state index contributed by atoms with van der Waals surface area (Å²) in [5.41, 5.74) is 0. The summed E-state index contributed by atoms with van der Waals surface area (Å²) in [7, 11) is 0. The summed E-state index contributed by atoms with van der Waals surface area (Å²) >= 11 is 0. The molecule has 0 spiro atoms. The van der Waals surface area contributed by atoms with Crippen molar-refractivity contribution < 1.29 is 24.5 Å².